The Kier molecular flexibility index (Phi) is 5.83. The maximum atomic E-state index is 13.8. The van der Waals surface area contributed by atoms with Crippen molar-refractivity contribution in [1.29, 1.82) is 0 Å². The number of hydrogen-bond acceptors (Lipinski definition) is 7. The molecule has 1 amide bonds. The second-order valence-electron chi connectivity index (χ2n) is 9.36. The third kappa shape index (κ3) is 4.19. The number of pyridine rings is 1. The molecule has 2 N–H and O–H groups in total. The Morgan fingerprint density at radius 1 is 1.11 bits per heavy atom. The molecule has 3 heterocycles. The molecule has 2 aromatic carbocycles. The van der Waals surface area contributed by atoms with E-state index in [1.165, 1.54) is 0 Å². The SMILES string of the molecule is COCc1ccccc1N(Cc1ccc2c3c(c(N)nc2c1)COC3)C(=O)c1cnc(C2CC2)nc1. The lowest BCUT2D eigenvalue weighted by molar-refractivity contribution is 0.0983. The van der Waals surface area contributed by atoms with Crippen molar-refractivity contribution in [2.75, 3.05) is 17.7 Å². The van der Waals surface area contributed by atoms with Crippen LogP contribution in [0.15, 0.2) is 54.9 Å². The Morgan fingerprint density at radius 2 is 1.89 bits per heavy atom. The van der Waals surface area contributed by atoms with Gasteiger partial charge < -0.3 is 20.1 Å². The summed E-state index contributed by atoms with van der Waals surface area (Å²) in [5.74, 6) is 1.57. The van der Waals surface area contributed by atoms with Crippen LogP contribution in [-0.4, -0.2) is 28.0 Å². The Bertz CT molecular complexity index is 1450. The summed E-state index contributed by atoms with van der Waals surface area (Å²) in [7, 11) is 1.65. The molecule has 36 heavy (non-hydrogen) atoms. The van der Waals surface area contributed by atoms with Crippen LogP contribution in [0.3, 0.4) is 0 Å². The number of rotatable bonds is 7. The molecule has 8 heteroatoms. The van der Waals surface area contributed by atoms with Gasteiger partial charge in [0.15, 0.2) is 0 Å². The molecule has 1 fully saturated rings. The summed E-state index contributed by atoms with van der Waals surface area (Å²) in [6.07, 6.45) is 5.50. The highest BCUT2D eigenvalue weighted by Gasteiger charge is 2.28. The lowest BCUT2D eigenvalue weighted by Crippen LogP contribution is -2.31. The van der Waals surface area contributed by atoms with Gasteiger partial charge >= 0.3 is 0 Å². The largest absolute Gasteiger partial charge is 0.383 e. The van der Waals surface area contributed by atoms with E-state index in [-0.39, 0.29) is 5.91 Å². The van der Waals surface area contributed by atoms with Gasteiger partial charge in [-0.25, -0.2) is 15.0 Å². The van der Waals surface area contributed by atoms with Crippen molar-refractivity contribution in [1.82, 2.24) is 15.0 Å². The summed E-state index contributed by atoms with van der Waals surface area (Å²) >= 11 is 0. The summed E-state index contributed by atoms with van der Waals surface area (Å²) in [6.45, 7) is 1.75. The second-order valence-corrected chi connectivity index (χ2v) is 9.36. The molecule has 8 nitrogen and oxygen atoms in total. The van der Waals surface area contributed by atoms with Gasteiger partial charge in [-0.2, -0.15) is 0 Å². The Morgan fingerprint density at radius 3 is 2.67 bits per heavy atom. The number of anilines is 2. The number of amides is 1. The van der Waals surface area contributed by atoms with Crippen molar-refractivity contribution >= 4 is 28.3 Å². The average Bonchev–Trinajstić information content (AvgIpc) is 3.63. The van der Waals surface area contributed by atoms with Crippen LogP contribution in [0.2, 0.25) is 0 Å². The minimum absolute atomic E-state index is 0.171. The Labute approximate surface area is 209 Å². The molecule has 182 valence electrons. The molecule has 1 aliphatic carbocycles. The molecular formula is C28H27N5O3. The first kappa shape index (κ1) is 22.6. The van der Waals surface area contributed by atoms with Gasteiger partial charge in [0.1, 0.15) is 11.6 Å². The predicted octanol–water partition coefficient (Wildman–Crippen LogP) is 4.51. The third-order valence-corrected chi connectivity index (χ3v) is 6.82. The highest BCUT2D eigenvalue weighted by atomic mass is 16.5. The normalized spacial score (nSPS) is 14.7. The summed E-state index contributed by atoms with van der Waals surface area (Å²) in [6, 6.07) is 13.8. The van der Waals surface area contributed by atoms with E-state index in [4.69, 9.17) is 15.2 Å². The number of aromatic nitrogens is 3. The lowest BCUT2D eigenvalue weighted by Gasteiger charge is -2.25. The zero-order valence-corrected chi connectivity index (χ0v) is 20.1. The van der Waals surface area contributed by atoms with Crippen molar-refractivity contribution in [3.05, 3.63) is 88.5 Å². The van der Waals surface area contributed by atoms with Gasteiger partial charge in [0.05, 0.1) is 37.4 Å². The van der Waals surface area contributed by atoms with Crippen LogP contribution >= 0.6 is 0 Å². The number of nitrogens with two attached hydrogens (primary N) is 1. The van der Waals surface area contributed by atoms with Crippen molar-refractivity contribution in [2.24, 2.45) is 0 Å². The van der Waals surface area contributed by atoms with Crippen molar-refractivity contribution in [2.45, 2.75) is 45.1 Å². The van der Waals surface area contributed by atoms with E-state index in [9.17, 15) is 4.79 Å². The van der Waals surface area contributed by atoms with E-state index in [0.717, 1.165) is 57.5 Å². The number of nitrogen functional groups attached to an aromatic ring is 1. The highest BCUT2D eigenvalue weighted by molar-refractivity contribution is 6.06. The summed E-state index contributed by atoms with van der Waals surface area (Å²) in [5, 5.41) is 1.03. The highest BCUT2D eigenvalue weighted by Crippen LogP contribution is 2.38. The molecule has 0 bridgehead atoms. The number of fused-ring (bicyclic) bond motifs is 3. The molecular weight excluding hydrogens is 454 g/mol. The monoisotopic (exact) mass is 481 g/mol. The van der Waals surface area contributed by atoms with Gasteiger partial charge in [-0.1, -0.05) is 30.3 Å². The van der Waals surface area contributed by atoms with Crippen molar-refractivity contribution in [3.63, 3.8) is 0 Å². The fourth-order valence-corrected chi connectivity index (χ4v) is 4.78. The molecule has 0 radical (unpaired) electrons. The zero-order valence-electron chi connectivity index (χ0n) is 20.1. The van der Waals surface area contributed by atoms with Gasteiger partial charge in [-0.05, 0) is 36.1 Å². The number of para-hydroxylation sites is 1. The van der Waals surface area contributed by atoms with Crippen LogP contribution in [0, 0.1) is 0 Å². The Hall–Kier alpha value is -3.88. The fourth-order valence-electron chi connectivity index (χ4n) is 4.78. The lowest BCUT2D eigenvalue weighted by atomic mass is 10.0. The van der Waals surface area contributed by atoms with Crippen molar-refractivity contribution < 1.29 is 14.3 Å². The van der Waals surface area contributed by atoms with Crippen LogP contribution in [0.5, 0.6) is 0 Å². The minimum Gasteiger partial charge on any atom is -0.383 e. The van der Waals surface area contributed by atoms with Gasteiger partial charge in [-0.15, -0.1) is 0 Å². The number of carbonyl (C=O) groups excluding carboxylic acids is 1. The van der Waals surface area contributed by atoms with Gasteiger partial charge in [0.25, 0.3) is 5.91 Å². The molecule has 0 saturated heterocycles. The number of carbonyl (C=O) groups is 1. The number of hydrogen-bond donors (Lipinski definition) is 1. The molecule has 4 aromatic rings. The van der Waals surface area contributed by atoms with Crippen LogP contribution in [0.4, 0.5) is 11.5 Å². The van der Waals surface area contributed by atoms with E-state index in [1.54, 1.807) is 24.4 Å². The van der Waals surface area contributed by atoms with Gasteiger partial charge in [0, 0.05) is 47.6 Å². The van der Waals surface area contributed by atoms with E-state index >= 15 is 0 Å². The van der Waals surface area contributed by atoms with Crippen LogP contribution in [0.25, 0.3) is 10.9 Å². The smallest absolute Gasteiger partial charge is 0.261 e. The quantitative estimate of drug-likeness (QED) is 0.414. The topological polar surface area (TPSA) is 103 Å². The number of methoxy groups -OCH3 is 1. The Balaban J connectivity index is 1.39. The minimum atomic E-state index is -0.171. The summed E-state index contributed by atoms with van der Waals surface area (Å²) in [5.41, 5.74) is 12.2. The molecule has 1 aliphatic heterocycles. The molecule has 2 aromatic heterocycles. The second kappa shape index (κ2) is 9.29. The summed E-state index contributed by atoms with van der Waals surface area (Å²) < 4.78 is 11.0. The van der Waals surface area contributed by atoms with Crippen LogP contribution in [0.1, 0.15) is 57.2 Å². The van der Waals surface area contributed by atoms with Crippen LogP contribution in [-0.2, 0) is 35.8 Å². The molecule has 2 aliphatic rings. The van der Waals surface area contributed by atoms with Gasteiger partial charge in [-0.3, -0.25) is 4.79 Å². The predicted molar refractivity (Wildman–Crippen MR) is 136 cm³/mol. The van der Waals surface area contributed by atoms with E-state index < -0.39 is 0 Å². The standard InChI is InChI=1S/C28H27N5O3/c1-35-14-19-4-2-3-5-25(19)33(28(34)20-11-30-27(31-12-20)18-7-8-18)13-17-6-9-21-22-15-36-16-23(22)26(29)32-24(21)10-17/h2-6,9-12,18H,7-8,13-16H2,1H3,(H2,29,32). The maximum absolute atomic E-state index is 13.8. The average molecular weight is 482 g/mol. The summed E-state index contributed by atoms with van der Waals surface area (Å²) in [4.78, 5) is 29.1. The fraction of sp³-hybridized carbons (Fsp3) is 0.286. The first-order valence-electron chi connectivity index (χ1n) is 12.1. The van der Waals surface area contributed by atoms with E-state index in [2.05, 4.69) is 15.0 Å². The van der Waals surface area contributed by atoms with E-state index in [0.29, 0.717) is 43.7 Å². The van der Waals surface area contributed by atoms with E-state index in [1.807, 2.05) is 42.5 Å². The van der Waals surface area contributed by atoms with Crippen molar-refractivity contribution in [3.8, 4) is 0 Å². The molecule has 0 unspecified atom stereocenters. The number of ether oxygens (including phenoxy) is 2. The number of benzene rings is 2. The molecule has 0 atom stereocenters. The van der Waals surface area contributed by atoms with Crippen LogP contribution < -0.4 is 10.6 Å². The first-order valence-corrected chi connectivity index (χ1v) is 12.1. The maximum Gasteiger partial charge on any atom is 0.261 e. The zero-order chi connectivity index (χ0) is 24.6. The molecule has 6 rings (SSSR count). The molecule has 0 spiro atoms. The number of nitrogens with zero attached hydrogens (tertiary/aromatic N) is 4. The van der Waals surface area contributed by atoms with Gasteiger partial charge in [0.2, 0.25) is 0 Å². The first-order chi connectivity index (χ1) is 17.6. The third-order valence-electron chi connectivity index (χ3n) is 6.82. The molecule has 1 saturated carbocycles.